The third kappa shape index (κ3) is 3.31. The number of anilines is 2. The van der Waals surface area contributed by atoms with Crippen molar-refractivity contribution in [2.24, 2.45) is 0 Å². The predicted molar refractivity (Wildman–Crippen MR) is 83.5 cm³/mol. The van der Waals surface area contributed by atoms with Crippen molar-refractivity contribution in [3.05, 3.63) is 51.2 Å². The van der Waals surface area contributed by atoms with Gasteiger partial charge in [-0.1, -0.05) is 31.9 Å². The predicted octanol–water partition coefficient (Wildman–Crippen LogP) is 3.73. The summed E-state index contributed by atoms with van der Waals surface area (Å²) < 4.78 is 41.4. The van der Waals surface area contributed by atoms with Crippen LogP contribution in [0.2, 0.25) is 0 Å². The average Bonchev–Trinajstić information content (AvgIpc) is 2.35. The molecule has 0 saturated heterocycles. The summed E-state index contributed by atoms with van der Waals surface area (Å²) >= 11 is 6.27. The average molecular weight is 424 g/mol. The summed E-state index contributed by atoms with van der Waals surface area (Å²) in [7, 11) is -3.96. The monoisotopic (exact) mass is 422 g/mol. The van der Waals surface area contributed by atoms with Crippen molar-refractivity contribution in [1.29, 1.82) is 0 Å². The second-order valence-electron chi connectivity index (χ2n) is 3.91. The summed E-state index contributed by atoms with van der Waals surface area (Å²) in [6, 6.07) is 8.46. The maximum absolute atomic E-state index is 13.7. The van der Waals surface area contributed by atoms with Crippen molar-refractivity contribution in [3.63, 3.8) is 0 Å². The number of halogens is 3. The molecule has 0 saturated carbocycles. The summed E-state index contributed by atoms with van der Waals surface area (Å²) in [5.41, 5.74) is 5.59. The third-order valence-electron chi connectivity index (χ3n) is 2.44. The lowest BCUT2D eigenvalue weighted by molar-refractivity contribution is 0.599. The molecular formula is C12H9Br2FN2O2S. The van der Waals surface area contributed by atoms with Crippen LogP contribution in [0.1, 0.15) is 0 Å². The van der Waals surface area contributed by atoms with Crippen LogP contribution in [0, 0.1) is 5.82 Å². The highest BCUT2D eigenvalue weighted by atomic mass is 79.9. The smallest absolute Gasteiger partial charge is 0.264 e. The van der Waals surface area contributed by atoms with Gasteiger partial charge < -0.3 is 5.73 Å². The van der Waals surface area contributed by atoms with Crippen LogP contribution in [0.15, 0.2) is 50.2 Å². The maximum Gasteiger partial charge on any atom is 0.264 e. The molecule has 0 aromatic heterocycles. The molecule has 0 spiro atoms. The van der Waals surface area contributed by atoms with E-state index in [1.54, 1.807) is 6.07 Å². The van der Waals surface area contributed by atoms with Crippen LogP contribution in [-0.4, -0.2) is 8.42 Å². The van der Waals surface area contributed by atoms with Crippen LogP contribution in [0.3, 0.4) is 0 Å². The molecule has 4 nitrogen and oxygen atoms in total. The summed E-state index contributed by atoms with van der Waals surface area (Å²) in [4.78, 5) is -0.116. The van der Waals surface area contributed by atoms with Gasteiger partial charge in [0, 0.05) is 8.95 Å². The van der Waals surface area contributed by atoms with Crippen LogP contribution >= 0.6 is 31.9 Å². The lowest BCUT2D eigenvalue weighted by Gasteiger charge is -2.11. The molecule has 8 heteroatoms. The molecule has 0 aliphatic heterocycles. The van der Waals surface area contributed by atoms with E-state index in [0.29, 0.717) is 8.95 Å². The summed E-state index contributed by atoms with van der Waals surface area (Å²) in [5, 5.41) is 0. The van der Waals surface area contributed by atoms with Gasteiger partial charge in [-0.3, -0.25) is 4.72 Å². The fourth-order valence-corrected chi connectivity index (χ4v) is 3.58. The van der Waals surface area contributed by atoms with Crippen LogP contribution in [-0.2, 0) is 10.0 Å². The number of sulfonamides is 1. The summed E-state index contributed by atoms with van der Waals surface area (Å²) in [6.07, 6.45) is 0. The molecular weight excluding hydrogens is 415 g/mol. The molecule has 0 fully saturated rings. The minimum Gasteiger partial charge on any atom is -0.398 e. The summed E-state index contributed by atoms with van der Waals surface area (Å²) in [6.45, 7) is 0. The van der Waals surface area contributed by atoms with E-state index < -0.39 is 15.8 Å². The van der Waals surface area contributed by atoms with Gasteiger partial charge in [-0.05, 0) is 36.4 Å². The number of nitrogens with two attached hydrogens (primary N) is 1. The van der Waals surface area contributed by atoms with Gasteiger partial charge >= 0.3 is 0 Å². The molecule has 2 aromatic carbocycles. The van der Waals surface area contributed by atoms with E-state index in [-0.39, 0.29) is 16.3 Å². The maximum atomic E-state index is 13.7. The Morgan fingerprint density at radius 3 is 2.30 bits per heavy atom. The Labute approximate surface area is 132 Å². The highest BCUT2D eigenvalue weighted by Gasteiger charge is 2.19. The first-order chi connectivity index (χ1) is 9.29. The van der Waals surface area contributed by atoms with E-state index in [9.17, 15) is 12.8 Å². The van der Waals surface area contributed by atoms with Crippen molar-refractivity contribution >= 4 is 53.3 Å². The second-order valence-corrected chi connectivity index (χ2v) is 7.39. The zero-order chi connectivity index (χ0) is 14.9. The van der Waals surface area contributed by atoms with Crippen LogP contribution in [0.4, 0.5) is 15.8 Å². The zero-order valence-electron chi connectivity index (χ0n) is 9.90. The SMILES string of the molecule is Nc1ccc(Br)cc1S(=O)(=O)Nc1ccc(Br)cc1F. The van der Waals surface area contributed by atoms with Gasteiger partial charge in [-0.15, -0.1) is 0 Å². The number of benzene rings is 2. The zero-order valence-corrected chi connectivity index (χ0v) is 13.9. The van der Waals surface area contributed by atoms with Gasteiger partial charge in [0.05, 0.1) is 11.4 Å². The highest BCUT2D eigenvalue weighted by molar-refractivity contribution is 9.10. The van der Waals surface area contributed by atoms with Gasteiger partial charge in [0.2, 0.25) is 0 Å². The normalized spacial score (nSPS) is 11.3. The van der Waals surface area contributed by atoms with E-state index in [0.717, 1.165) is 0 Å². The standard InChI is InChI=1S/C12H9Br2FN2O2S/c13-7-2-4-11(9(15)5-7)17-20(18,19)12-6-8(14)1-3-10(12)16/h1-6,17H,16H2. The molecule has 0 radical (unpaired) electrons. The largest absolute Gasteiger partial charge is 0.398 e. The first-order valence-electron chi connectivity index (χ1n) is 5.32. The van der Waals surface area contributed by atoms with Crippen molar-refractivity contribution in [3.8, 4) is 0 Å². The first-order valence-corrected chi connectivity index (χ1v) is 8.39. The van der Waals surface area contributed by atoms with E-state index in [1.807, 2.05) is 0 Å². The van der Waals surface area contributed by atoms with E-state index >= 15 is 0 Å². The Kier molecular flexibility index (Phi) is 4.36. The quantitative estimate of drug-likeness (QED) is 0.738. The van der Waals surface area contributed by atoms with Crippen molar-refractivity contribution in [2.75, 3.05) is 10.5 Å². The number of rotatable bonds is 3. The number of nitrogen functional groups attached to an aromatic ring is 1. The molecule has 20 heavy (non-hydrogen) atoms. The van der Waals surface area contributed by atoms with Gasteiger partial charge in [0.1, 0.15) is 10.7 Å². The van der Waals surface area contributed by atoms with E-state index in [1.165, 1.54) is 30.3 Å². The minimum atomic E-state index is -3.96. The number of hydrogen-bond acceptors (Lipinski definition) is 3. The van der Waals surface area contributed by atoms with E-state index in [2.05, 4.69) is 36.6 Å². The number of hydrogen-bond donors (Lipinski definition) is 2. The van der Waals surface area contributed by atoms with E-state index in [4.69, 9.17) is 5.73 Å². The molecule has 0 aliphatic rings. The molecule has 0 aliphatic carbocycles. The Balaban J connectivity index is 2.43. The molecule has 0 heterocycles. The summed E-state index contributed by atoms with van der Waals surface area (Å²) in [5.74, 6) is -0.684. The Bertz CT molecular complexity index is 766. The first kappa shape index (κ1) is 15.3. The molecule has 0 amide bonds. The van der Waals surface area contributed by atoms with Crippen LogP contribution in [0.5, 0.6) is 0 Å². The highest BCUT2D eigenvalue weighted by Crippen LogP contribution is 2.27. The van der Waals surface area contributed by atoms with Gasteiger partial charge in [0.25, 0.3) is 10.0 Å². The lowest BCUT2D eigenvalue weighted by Crippen LogP contribution is -2.15. The molecule has 106 valence electrons. The van der Waals surface area contributed by atoms with Crippen molar-refractivity contribution in [2.45, 2.75) is 4.90 Å². The van der Waals surface area contributed by atoms with Gasteiger partial charge in [-0.2, -0.15) is 0 Å². The molecule has 3 N–H and O–H groups in total. The molecule has 0 bridgehead atoms. The number of nitrogens with one attached hydrogen (secondary N) is 1. The third-order valence-corrected chi connectivity index (χ3v) is 4.85. The van der Waals surface area contributed by atoms with Gasteiger partial charge in [-0.25, -0.2) is 12.8 Å². The Morgan fingerprint density at radius 1 is 1.05 bits per heavy atom. The molecule has 0 unspecified atom stereocenters. The molecule has 0 atom stereocenters. The van der Waals surface area contributed by atoms with Gasteiger partial charge in [0.15, 0.2) is 0 Å². The second kappa shape index (κ2) is 5.71. The van der Waals surface area contributed by atoms with Crippen molar-refractivity contribution < 1.29 is 12.8 Å². The fourth-order valence-electron chi connectivity index (χ4n) is 1.51. The minimum absolute atomic E-state index is 0.0817. The molecule has 2 aromatic rings. The molecule has 2 rings (SSSR count). The fraction of sp³-hybridized carbons (Fsp3) is 0. The van der Waals surface area contributed by atoms with Crippen molar-refractivity contribution in [1.82, 2.24) is 0 Å². The van der Waals surface area contributed by atoms with Crippen LogP contribution in [0.25, 0.3) is 0 Å². The topological polar surface area (TPSA) is 72.2 Å². The Morgan fingerprint density at radius 2 is 1.65 bits per heavy atom. The van der Waals surface area contributed by atoms with Crippen LogP contribution < -0.4 is 10.5 Å². The Hall–Kier alpha value is -1.12. The lowest BCUT2D eigenvalue weighted by atomic mass is 10.3.